The van der Waals surface area contributed by atoms with E-state index in [0.29, 0.717) is 28.5 Å². The van der Waals surface area contributed by atoms with Crippen molar-refractivity contribution < 1.29 is 4.79 Å². The Morgan fingerprint density at radius 2 is 2.15 bits per heavy atom. The fourth-order valence-corrected chi connectivity index (χ4v) is 4.53. The minimum Gasteiger partial charge on any atom is -0.351 e. The lowest BCUT2D eigenvalue weighted by atomic mass is 10.2. The summed E-state index contributed by atoms with van der Waals surface area (Å²) in [5, 5.41) is 5.37. The van der Waals surface area contributed by atoms with Gasteiger partial charge >= 0.3 is 0 Å². The van der Waals surface area contributed by atoms with Crippen LogP contribution in [0.5, 0.6) is 0 Å². The summed E-state index contributed by atoms with van der Waals surface area (Å²) in [5.74, 6) is 0.129. The third-order valence-electron chi connectivity index (χ3n) is 3.74. The molecule has 1 amide bonds. The van der Waals surface area contributed by atoms with Gasteiger partial charge < -0.3 is 5.32 Å². The van der Waals surface area contributed by atoms with Crippen LogP contribution in [-0.2, 0) is 17.9 Å². The van der Waals surface area contributed by atoms with Gasteiger partial charge in [-0.25, -0.2) is 4.98 Å². The molecule has 0 saturated heterocycles. The van der Waals surface area contributed by atoms with Gasteiger partial charge in [0.1, 0.15) is 4.70 Å². The van der Waals surface area contributed by atoms with Crippen LogP contribution in [0.4, 0.5) is 0 Å². The van der Waals surface area contributed by atoms with Gasteiger partial charge in [0.25, 0.3) is 5.56 Å². The van der Waals surface area contributed by atoms with Crippen molar-refractivity contribution in [2.75, 3.05) is 5.75 Å². The molecule has 0 aliphatic carbocycles. The Labute approximate surface area is 168 Å². The number of hydrogen-bond acceptors (Lipinski definition) is 5. The van der Waals surface area contributed by atoms with Gasteiger partial charge in [-0.15, -0.1) is 11.3 Å². The molecule has 1 aromatic carbocycles. The molecule has 0 atom stereocenters. The van der Waals surface area contributed by atoms with E-state index in [1.54, 1.807) is 4.57 Å². The van der Waals surface area contributed by atoms with Gasteiger partial charge in [0, 0.05) is 17.6 Å². The molecule has 0 bridgehead atoms. The highest BCUT2D eigenvalue weighted by molar-refractivity contribution is 9.10. The molecule has 0 fully saturated rings. The lowest BCUT2D eigenvalue weighted by molar-refractivity contribution is -0.118. The summed E-state index contributed by atoms with van der Waals surface area (Å²) < 4.78 is 3.31. The smallest absolute Gasteiger partial charge is 0.272 e. The average Bonchev–Trinajstić information content (AvgIpc) is 3.11. The maximum atomic E-state index is 12.6. The van der Waals surface area contributed by atoms with Gasteiger partial charge in [0.15, 0.2) is 5.16 Å². The van der Waals surface area contributed by atoms with Crippen molar-refractivity contribution in [1.82, 2.24) is 14.9 Å². The number of carbonyl (C=O) groups excluding carboxylic acids is 1. The quantitative estimate of drug-likeness (QED) is 0.434. The first-order valence-electron chi connectivity index (χ1n) is 8.21. The molecule has 0 saturated carbocycles. The highest BCUT2D eigenvalue weighted by Crippen LogP contribution is 2.21. The average molecular weight is 452 g/mol. The first-order valence-corrected chi connectivity index (χ1v) is 10.9. The van der Waals surface area contributed by atoms with E-state index in [1.807, 2.05) is 42.6 Å². The Bertz CT molecular complexity index is 984. The van der Waals surface area contributed by atoms with Crippen molar-refractivity contribution in [3.05, 3.63) is 56.1 Å². The molecular weight excluding hydrogens is 434 g/mol. The highest BCUT2D eigenvalue weighted by atomic mass is 79.9. The highest BCUT2D eigenvalue weighted by Gasteiger charge is 2.13. The summed E-state index contributed by atoms with van der Waals surface area (Å²) in [6.45, 7) is 3.07. The van der Waals surface area contributed by atoms with Crippen molar-refractivity contribution in [2.45, 2.75) is 31.6 Å². The number of rotatable bonds is 7. The Hall–Kier alpha value is -1.64. The fourth-order valence-electron chi connectivity index (χ4n) is 2.47. The Morgan fingerprint density at radius 1 is 1.35 bits per heavy atom. The second-order valence-electron chi connectivity index (χ2n) is 5.64. The first-order chi connectivity index (χ1) is 12.6. The van der Waals surface area contributed by atoms with E-state index in [1.165, 1.54) is 23.1 Å². The zero-order valence-corrected chi connectivity index (χ0v) is 17.4. The van der Waals surface area contributed by atoms with Crippen LogP contribution in [0, 0.1) is 0 Å². The van der Waals surface area contributed by atoms with Crippen LogP contribution in [0.1, 0.15) is 18.9 Å². The number of carbonyl (C=O) groups is 1. The van der Waals surface area contributed by atoms with Crippen LogP contribution in [0.15, 0.2) is 50.1 Å². The van der Waals surface area contributed by atoms with Crippen LogP contribution in [0.25, 0.3) is 10.2 Å². The summed E-state index contributed by atoms with van der Waals surface area (Å²) in [4.78, 5) is 29.4. The fraction of sp³-hybridized carbons (Fsp3) is 0.278. The molecule has 3 aromatic rings. The maximum absolute atomic E-state index is 12.6. The standard InChI is InChI=1S/C18H18BrN3O2S2/c1-2-8-22-17(24)16-14(7-9-25-16)21-18(22)26-11-15(23)20-10-12-5-3-4-6-13(12)19/h3-7,9H,2,8,10-11H2,1H3,(H,20,23). The van der Waals surface area contributed by atoms with Gasteiger partial charge in [-0.1, -0.05) is 52.8 Å². The van der Waals surface area contributed by atoms with E-state index in [-0.39, 0.29) is 17.2 Å². The van der Waals surface area contributed by atoms with Gasteiger partial charge in [-0.2, -0.15) is 0 Å². The number of nitrogens with one attached hydrogen (secondary N) is 1. The number of benzene rings is 1. The lowest BCUT2D eigenvalue weighted by Gasteiger charge is -2.11. The van der Waals surface area contributed by atoms with Crippen molar-refractivity contribution in [2.24, 2.45) is 0 Å². The zero-order valence-electron chi connectivity index (χ0n) is 14.2. The molecule has 0 unspecified atom stereocenters. The molecule has 136 valence electrons. The molecule has 2 heterocycles. The second kappa shape index (κ2) is 8.83. The molecule has 0 aliphatic heterocycles. The van der Waals surface area contributed by atoms with Crippen molar-refractivity contribution in [3.8, 4) is 0 Å². The molecule has 3 rings (SSSR count). The van der Waals surface area contributed by atoms with E-state index >= 15 is 0 Å². The summed E-state index contributed by atoms with van der Waals surface area (Å²) in [6, 6.07) is 9.62. The SMILES string of the molecule is CCCn1c(SCC(=O)NCc2ccccc2Br)nc2ccsc2c1=O. The van der Waals surface area contributed by atoms with E-state index in [0.717, 1.165) is 16.5 Å². The maximum Gasteiger partial charge on any atom is 0.272 e. The summed E-state index contributed by atoms with van der Waals surface area (Å²) in [7, 11) is 0. The topological polar surface area (TPSA) is 64.0 Å². The Kier molecular flexibility index (Phi) is 6.50. The number of thiophene rings is 1. The number of thioether (sulfide) groups is 1. The summed E-state index contributed by atoms with van der Waals surface area (Å²) in [6.07, 6.45) is 0.834. The third kappa shape index (κ3) is 4.36. The van der Waals surface area contributed by atoms with Gasteiger partial charge in [0.2, 0.25) is 5.91 Å². The van der Waals surface area contributed by atoms with Crippen LogP contribution in [0.3, 0.4) is 0 Å². The number of aromatic nitrogens is 2. The van der Waals surface area contributed by atoms with Crippen LogP contribution in [-0.4, -0.2) is 21.2 Å². The minimum absolute atomic E-state index is 0.0250. The third-order valence-corrected chi connectivity index (χ3v) is 6.39. The van der Waals surface area contributed by atoms with E-state index in [9.17, 15) is 9.59 Å². The summed E-state index contributed by atoms with van der Waals surface area (Å²) in [5.41, 5.74) is 1.69. The molecule has 26 heavy (non-hydrogen) atoms. The van der Waals surface area contributed by atoms with E-state index in [2.05, 4.69) is 26.2 Å². The van der Waals surface area contributed by atoms with Crippen LogP contribution >= 0.6 is 39.0 Å². The molecular formula is C18H18BrN3O2S2. The predicted molar refractivity (Wildman–Crippen MR) is 111 cm³/mol. The molecule has 0 aliphatic rings. The largest absolute Gasteiger partial charge is 0.351 e. The van der Waals surface area contributed by atoms with Crippen LogP contribution in [0.2, 0.25) is 0 Å². The molecule has 2 aromatic heterocycles. The lowest BCUT2D eigenvalue weighted by Crippen LogP contribution is -2.26. The number of hydrogen-bond donors (Lipinski definition) is 1. The molecule has 5 nitrogen and oxygen atoms in total. The normalized spacial score (nSPS) is 11.0. The van der Waals surface area contributed by atoms with Gasteiger partial charge in [-0.05, 0) is 29.5 Å². The molecule has 1 N–H and O–H groups in total. The Balaban J connectivity index is 1.68. The number of nitrogens with zero attached hydrogens (tertiary/aromatic N) is 2. The van der Waals surface area contributed by atoms with Gasteiger partial charge in [-0.3, -0.25) is 14.2 Å². The molecule has 8 heteroatoms. The van der Waals surface area contributed by atoms with Gasteiger partial charge in [0.05, 0.1) is 11.3 Å². The predicted octanol–water partition coefficient (Wildman–Crippen LogP) is 4.04. The van der Waals surface area contributed by atoms with Crippen molar-refractivity contribution >= 4 is 55.2 Å². The van der Waals surface area contributed by atoms with Crippen molar-refractivity contribution in [1.29, 1.82) is 0 Å². The summed E-state index contributed by atoms with van der Waals surface area (Å²) >= 11 is 6.18. The second-order valence-corrected chi connectivity index (χ2v) is 8.36. The van der Waals surface area contributed by atoms with Crippen LogP contribution < -0.4 is 10.9 Å². The number of fused-ring (bicyclic) bond motifs is 1. The Morgan fingerprint density at radius 3 is 2.92 bits per heavy atom. The molecule has 0 spiro atoms. The monoisotopic (exact) mass is 451 g/mol. The minimum atomic E-state index is -0.0894. The number of halogens is 1. The molecule has 0 radical (unpaired) electrons. The van der Waals surface area contributed by atoms with E-state index in [4.69, 9.17) is 0 Å². The number of amides is 1. The zero-order chi connectivity index (χ0) is 18.5. The van der Waals surface area contributed by atoms with Crippen molar-refractivity contribution in [3.63, 3.8) is 0 Å². The first kappa shape index (κ1) is 19.1. The van der Waals surface area contributed by atoms with E-state index < -0.39 is 0 Å².